The van der Waals surface area contributed by atoms with Crippen LogP contribution < -0.4 is 16.4 Å². The largest absolute Gasteiger partial charge is 0.471 e. The molecule has 1 saturated heterocycles. The molecule has 0 aromatic heterocycles. The molecule has 2 aliphatic rings. The molecule has 0 aromatic carbocycles. The molecule has 2 fully saturated rings. The molecule has 2 rings (SSSR count). The highest BCUT2D eigenvalue weighted by molar-refractivity contribution is 6.37. The predicted molar refractivity (Wildman–Crippen MR) is 119 cm³/mol. The summed E-state index contributed by atoms with van der Waals surface area (Å²) in [7, 11) is 0. The summed E-state index contributed by atoms with van der Waals surface area (Å²) in [6.07, 6.45) is -2.83. The van der Waals surface area contributed by atoms with Gasteiger partial charge in [0.2, 0.25) is 17.6 Å². The Labute approximate surface area is 202 Å². The Kier molecular flexibility index (Phi) is 8.60. The lowest BCUT2D eigenvalue weighted by molar-refractivity contribution is -0.176. The van der Waals surface area contributed by atoms with Crippen LogP contribution >= 0.6 is 0 Å². The Morgan fingerprint density at radius 2 is 1.57 bits per heavy atom. The lowest BCUT2D eigenvalue weighted by atomic mass is 9.84. The summed E-state index contributed by atoms with van der Waals surface area (Å²) in [6.45, 7) is 8.31. The van der Waals surface area contributed by atoms with Crippen LogP contribution in [-0.4, -0.2) is 65.2 Å². The molecule has 1 aliphatic heterocycles. The van der Waals surface area contributed by atoms with Gasteiger partial charge in [0.15, 0.2) is 0 Å². The van der Waals surface area contributed by atoms with Gasteiger partial charge in [-0.1, -0.05) is 47.5 Å². The minimum atomic E-state index is -5.18. The summed E-state index contributed by atoms with van der Waals surface area (Å²) < 4.78 is 38.8. The number of primary amides is 1. The Morgan fingerprint density at radius 1 is 1.00 bits per heavy atom. The van der Waals surface area contributed by atoms with E-state index in [1.54, 1.807) is 5.32 Å². The highest BCUT2D eigenvalue weighted by Crippen LogP contribution is 2.35. The number of carbonyl (C=O) groups excluding carboxylic acids is 5. The number of nitrogens with zero attached hydrogens (tertiary/aromatic N) is 1. The average molecular weight is 505 g/mol. The number of rotatable bonds is 9. The number of likely N-dealkylation sites (tertiary alicyclic amines) is 1. The third kappa shape index (κ3) is 7.17. The zero-order chi connectivity index (χ0) is 26.9. The van der Waals surface area contributed by atoms with E-state index < -0.39 is 59.1 Å². The van der Waals surface area contributed by atoms with Gasteiger partial charge >= 0.3 is 12.1 Å². The van der Waals surface area contributed by atoms with E-state index in [4.69, 9.17) is 5.73 Å². The zero-order valence-electron chi connectivity index (χ0n) is 20.7. The van der Waals surface area contributed by atoms with E-state index >= 15 is 0 Å². The maximum atomic E-state index is 13.5. The number of nitrogens with two attached hydrogens (primary N) is 1. The monoisotopic (exact) mass is 504 g/mol. The van der Waals surface area contributed by atoms with Crippen molar-refractivity contribution in [2.75, 3.05) is 6.54 Å². The smallest absolute Gasteiger partial charge is 0.363 e. The molecule has 198 valence electrons. The second-order valence-corrected chi connectivity index (χ2v) is 10.9. The lowest BCUT2D eigenvalue weighted by Crippen LogP contribution is -2.61. The van der Waals surface area contributed by atoms with Crippen molar-refractivity contribution in [2.45, 2.75) is 84.6 Å². The second kappa shape index (κ2) is 10.5. The quantitative estimate of drug-likeness (QED) is 0.406. The van der Waals surface area contributed by atoms with Crippen LogP contribution in [0.4, 0.5) is 13.2 Å². The topological polar surface area (TPSA) is 139 Å². The summed E-state index contributed by atoms with van der Waals surface area (Å²) in [6, 6.07) is -3.77. The van der Waals surface area contributed by atoms with Crippen LogP contribution in [0.2, 0.25) is 0 Å². The molecular formula is C23H35F3N4O5. The van der Waals surface area contributed by atoms with E-state index in [0.717, 1.165) is 12.8 Å². The number of hydrogen-bond acceptors (Lipinski definition) is 5. The normalized spacial score (nSPS) is 22.5. The Hall–Kier alpha value is -2.66. The molecule has 9 nitrogen and oxygen atoms in total. The third-order valence-electron chi connectivity index (χ3n) is 6.64. The second-order valence-electron chi connectivity index (χ2n) is 10.9. The van der Waals surface area contributed by atoms with Crippen LogP contribution in [0.1, 0.15) is 60.3 Å². The lowest BCUT2D eigenvalue weighted by Gasteiger charge is -2.37. The number of nitrogens with one attached hydrogen (secondary N) is 2. The first-order chi connectivity index (χ1) is 15.9. The number of ketones is 1. The van der Waals surface area contributed by atoms with Crippen LogP contribution in [0.3, 0.4) is 0 Å². The van der Waals surface area contributed by atoms with E-state index in [1.165, 1.54) is 25.7 Å². The SMILES string of the molecule is CC(C)[C@H]1CCN(C(=O)[C@@H](NC(=O)C(F)(F)F)C(C)(C)C)[C@@H]1C(=O)NC(CC1CC1)C(=O)C(N)=O. The Morgan fingerprint density at radius 3 is 2.00 bits per heavy atom. The van der Waals surface area contributed by atoms with Gasteiger partial charge in [-0.05, 0) is 36.0 Å². The Bertz CT molecular complexity index is 864. The molecule has 1 unspecified atom stereocenters. The van der Waals surface area contributed by atoms with Crippen LogP contribution in [0.25, 0.3) is 0 Å². The average Bonchev–Trinajstić information content (AvgIpc) is 3.41. The van der Waals surface area contributed by atoms with Crippen molar-refractivity contribution in [3.05, 3.63) is 0 Å². The minimum absolute atomic E-state index is 0.0740. The molecule has 0 aromatic rings. The van der Waals surface area contributed by atoms with Crippen LogP contribution in [0.15, 0.2) is 0 Å². The summed E-state index contributed by atoms with van der Waals surface area (Å²) in [4.78, 5) is 63.5. The molecule has 1 aliphatic carbocycles. The van der Waals surface area contributed by atoms with Gasteiger partial charge in [-0.2, -0.15) is 13.2 Å². The van der Waals surface area contributed by atoms with Crippen molar-refractivity contribution < 1.29 is 37.1 Å². The number of Topliss-reactive ketones (excluding diaryl/α,β-unsaturated/α-hetero) is 1. The zero-order valence-corrected chi connectivity index (χ0v) is 20.7. The van der Waals surface area contributed by atoms with Crippen molar-refractivity contribution in [3.63, 3.8) is 0 Å². The first-order valence-electron chi connectivity index (χ1n) is 11.8. The van der Waals surface area contributed by atoms with Gasteiger partial charge in [0.25, 0.3) is 5.91 Å². The molecule has 35 heavy (non-hydrogen) atoms. The van der Waals surface area contributed by atoms with Gasteiger partial charge in [0.1, 0.15) is 12.1 Å². The Balaban J connectivity index is 2.34. The summed E-state index contributed by atoms with van der Waals surface area (Å²) >= 11 is 0. The molecule has 1 saturated carbocycles. The molecule has 4 N–H and O–H groups in total. The van der Waals surface area contributed by atoms with Gasteiger partial charge < -0.3 is 21.3 Å². The molecule has 12 heteroatoms. The molecule has 0 bridgehead atoms. The number of alkyl halides is 3. The van der Waals surface area contributed by atoms with Crippen molar-refractivity contribution in [2.24, 2.45) is 28.9 Å². The first-order valence-corrected chi connectivity index (χ1v) is 11.8. The summed E-state index contributed by atoms with van der Waals surface area (Å²) in [5.74, 6) is -6.11. The van der Waals surface area contributed by atoms with Crippen molar-refractivity contribution in [1.29, 1.82) is 0 Å². The van der Waals surface area contributed by atoms with Crippen LogP contribution in [0.5, 0.6) is 0 Å². The van der Waals surface area contributed by atoms with Gasteiger partial charge in [-0.15, -0.1) is 0 Å². The molecule has 0 spiro atoms. The summed E-state index contributed by atoms with van der Waals surface area (Å²) in [5, 5.41) is 4.36. The number of amides is 4. The van der Waals surface area contributed by atoms with Crippen molar-refractivity contribution in [3.8, 4) is 0 Å². The van der Waals surface area contributed by atoms with Gasteiger partial charge in [0.05, 0.1) is 6.04 Å². The summed E-state index contributed by atoms with van der Waals surface area (Å²) in [5.41, 5.74) is 4.05. The van der Waals surface area contributed by atoms with Crippen molar-refractivity contribution >= 4 is 29.4 Å². The van der Waals surface area contributed by atoms with Crippen molar-refractivity contribution in [1.82, 2.24) is 15.5 Å². The molecule has 4 atom stereocenters. The predicted octanol–water partition coefficient (Wildman–Crippen LogP) is 1.29. The first kappa shape index (κ1) is 28.6. The van der Waals surface area contributed by atoms with Gasteiger partial charge in [0, 0.05) is 6.54 Å². The van der Waals surface area contributed by atoms with Gasteiger partial charge in [-0.3, -0.25) is 24.0 Å². The number of hydrogen-bond donors (Lipinski definition) is 3. The molecule has 4 amide bonds. The fourth-order valence-corrected chi connectivity index (χ4v) is 4.47. The highest BCUT2D eigenvalue weighted by Gasteiger charge is 2.49. The molecule has 0 radical (unpaired) electrons. The highest BCUT2D eigenvalue weighted by atomic mass is 19.4. The number of halogens is 3. The van der Waals surface area contributed by atoms with E-state index in [-0.39, 0.29) is 30.7 Å². The van der Waals surface area contributed by atoms with E-state index in [1.807, 2.05) is 13.8 Å². The molecule has 1 heterocycles. The molecular weight excluding hydrogens is 469 g/mol. The fourth-order valence-electron chi connectivity index (χ4n) is 4.47. The van der Waals surface area contributed by atoms with Crippen LogP contribution in [-0.2, 0) is 24.0 Å². The minimum Gasteiger partial charge on any atom is -0.363 e. The third-order valence-corrected chi connectivity index (χ3v) is 6.64. The standard InChI is InChI=1S/C23H35F3N4O5/c1-11(2)13-8-9-30(20(34)17(22(3,4)5)29-21(35)23(24,25)26)15(13)19(33)28-14(10-12-6-7-12)16(31)18(27)32/h11-15,17H,6-10H2,1-5H3,(H2,27,32)(H,28,33)(H,29,35)/t13-,14?,15+,17-/m1/s1. The number of carbonyl (C=O) groups is 5. The fraction of sp³-hybridized carbons (Fsp3) is 0.783. The maximum Gasteiger partial charge on any atom is 0.471 e. The van der Waals surface area contributed by atoms with E-state index in [9.17, 15) is 37.1 Å². The van der Waals surface area contributed by atoms with Gasteiger partial charge in [-0.25, -0.2) is 0 Å². The van der Waals surface area contributed by atoms with Crippen LogP contribution in [0, 0.1) is 23.2 Å². The van der Waals surface area contributed by atoms with E-state index in [2.05, 4.69) is 5.32 Å². The maximum absolute atomic E-state index is 13.5. The van der Waals surface area contributed by atoms with E-state index in [0.29, 0.717) is 6.42 Å².